The molecule has 0 bridgehead atoms. The number of aliphatic carboxylic acids is 1. The summed E-state index contributed by atoms with van der Waals surface area (Å²) in [6, 6.07) is -1.16. The predicted octanol–water partition coefficient (Wildman–Crippen LogP) is 1.80. The van der Waals surface area contributed by atoms with Crippen LogP contribution in [-0.4, -0.2) is 39.6 Å². The average molecular weight is 269 g/mol. The first-order valence-corrected chi connectivity index (χ1v) is 6.07. The molecule has 0 aliphatic carbocycles. The van der Waals surface area contributed by atoms with Crippen LogP contribution >= 0.6 is 0 Å². The van der Waals surface area contributed by atoms with Crippen molar-refractivity contribution in [2.45, 2.75) is 45.3 Å². The summed E-state index contributed by atoms with van der Waals surface area (Å²) in [4.78, 5) is 35.8. The Kier molecular flexibility index (Phi) is 4.34. The van der Waals surface area contributed by atoms with E-state index < -0.39 is 35.5 Å². The fourth-order valence-corrected chi connectivity index (χ4v) is 1.96. The first kappa shape index (κ1) is 15.2. The maximum atomic E-state index is 12.1. The first-order valence-electron chi connectivity index (χ1n) is 6.07. The summed E-state index contributed by atoms with van der Waals surface area (Å²) in [5, 5.41) is 9.11. The molecular weight excluding hydrogens is 250 g/mol. The minimum atomic E-state index is -1.20. The number of allylic oxidation sites excluding steroid dienone is 1. The lowest BCUT2D eigenvalue weighted by Gasteiger charge is -2.25. The molecule has 1 heterocycles. The normalized spacial score (nSPS) is 23.3. The summed E-state index contributed by atoms with van der Waals surface area (Å²) >= 11 is 0. The Morgan fingerprint density at radius 1 is 1.53 bits per heavy atom. The third kappa shape index (κ3) is 3.56. The van der Waals surface area contributed by atoms with Gasteiger partial charge in [0.05, 0.1) is 0 Å². The second kappa shape index (κ2) is 5.42. The lowest BCUT2D eigenvalue weighted by atomic mass is 10.0. The highest BCUT2D eigenvalue weighted by Crippen LogP contribution is 2.29. The molecule has 1 saturated heterocycles. The summed E-state index contributed by atoms with van der Waals surface area (Å²) in [5.74, 6) is -2.24. The smallest absolute Gasteiger partial charge is 0.417 e. The van der Waals surface area contributed by atoms with Crippen LogP contribution in [0.5, 0.6) is 0 Å². The molecule has 0 radical (unpaired) electrons. The number of likely N-dealkylation sites (tertiary alicyclic amines) is 1. The number of hydrogen-bond donors (Lipinski definition) is 1. The molecule has 0 aromatic heterocycles. The monoisotopic (exact) mass is 269 g/mol. The van der Waals surface area contributed by atoms with E-state index in [1.54, 1.807) is 26.8 Å². The summed E-state index contributed by atoms with van der Waals surface area (Å²) in [5.41, 5.74) is -0.781. The van der Waals surface area contributed by atoms with E-state index in [1.165, 1.54) is 0 Å². The zero-order valence-corrected chi connectivity index (χ0v) is 11.4. The van der Waals surface area contributed by atoms with Crippen LogP contribution in [0, 0.1) is 5.92 Å². The fraction of sp³-hybridized carbons (Fsp3) is 0.615. The van der Waals surface area contributed by atoms with E-state index in [9.17, 15) is 14.4 Å². The molecule has 6 heteroatoms. The minimum Gasteiger partial charge on any atom is -0.480 e. The first-order chi connectivity index (χ1) is 8.67. The van der Waals surface area contributed by atoms with Crippen LogP contribution in [0.3, 0.4) is 0 Å². The standard InChI is InChI=1S/C13H19NO5/c1-5-6-8-7-9(11(16)17)14(10(8)15)12(18)19-13(2,3)4/h5,8-9H,1,6-7H2,2-4H3,(H,16,17)/t8-,9+/m1/s1. The predicted molar refractivity (Wildman–Crippen MR) is 67.4 cm³/mol. The molecule has 2 amide bonds. The van der Waals surface area contributed by atoms with Gasteiger partial charge in [-0.3, -0.25) is 4.79 Å². The van der Waals surface area contributed by atoms with Crippen molar-refractivity contribution in [3.05, 3.63) is 12.7 Å². The molecule has 1 fully saturated rings. The van der Waals surface area contributed by atoms with Crippen molar-refractivity contribution < 1.29 is 24.2 Å². The number of carboxylic acids is 1. The van der Waals surface area contributed by atoms with Crippen molar-refractivity contribution in [3.8, 4) is 0 Å². The lowest BCUT2D eigenvalue weighted by Crippen LogP contribution is -2.45. The molecule has 1 N–H and O–H groups in total. The molecule has 0 aromatic carbocycles. The zero-order chi connectivity index (χ0) is 14.8. The van der Waals surface area contributed by atoms with Crippen LogP contribution < -0.4 is 0 Å². The van der Waals surface area contributed by atoms with Gasteiger partial charge in [0.15, 0.2) is 0 Å². The largest absolute Gasteiger partial charge is 0.480 e. The molecule has 19 heavy (non-hydrogen) atoms. The second-order valence-electron chi connectivity index (χ2n) is 5.50. The van der Waals surface area contributed by atoms with E-state index in [0.29, 0.717) is 11.3 Å². The minimum absolute atomic E-state index is 0.0967. The number of nitrogens with zero attached hydrogens (tertiary/aromatic N) is 1. The Morgan fingerprint density at radius 2 is 2.11 bits per heavy atom. The third-order valence-electron chi connectivity index (χ3n) is 2.73. The Labute approximate surface area is 112 Å². The summed E-state index contributed by atoms with van der Waals surface area (Å²) in [6.45, 7) is 8.49. The number of carbonyl (C=O) groups excluding carboxylic acids is 2. The average Bonchev–Trinajstić information content (AvgIpc) is 2.54. The van der Waals surface area contributed by atoms with Gasteiger partial charge in [-0.05, 0) is 33.6 Å². The molecule has 1 aliphatic heterocycles. The van der Waals surface area contributed by atoms with E-state index >= 15 is 0 Å². The number of ether oxygens (including phenoxy) is 1. The van der Waals surface area contributed by atoms with Crippen molar-refractivity contribution in [2.24, 2.45) is 5.92 Å². The van der Waals surface area contributed by atoms with E-state index in [1.807, 2.05) is 0 Å². The van der Waals surface area contributed by atoms with Crippen LogP contribution in [0.4, 0.5) is 4.79 Å². The number of imide groups is 1. The van der Waals surface area contributed by atoms with E-state index in [-0.39, 0.29) is 6.42 Å². The summed E-state index contributed by atoms with van der Waals surface area (Å²) < 4.78 is 5.08. The highest BCUT2D eigenvalue weighted by Gasteiger charge is 2.47. The quantitative estimate of drug-likeness (QED) is 0.790. The maximum absolute atomic E-state index is 12.1. The number of carboxylic acid groups (broad SMARTS) is 1. The third-order valence-corrected chi connectivity index (χ3v) is 2.73. The molecule has 106 valence electrons. The Hall–Kier alpha value is -1.85. The number of hydrogen-bond acceptors (Lipinski definition) is 4. The molecule has 1 aliphatic rings. The van der Waals surface area contributed by atoms with Crippen molar-refractivity contribution in [1.82, 2.24) is 4.90 Å². The van der Waals surface area contributed by atoms with Crippen molar-refractivity contribution >= 4 is 18.0 Å². The molecule has 0 spiro atoms. The highest BCUT2D eigenvalue weighted by molar-refractivity contribution is 6.00. The maximum Gasteiger partial charge on any atom is 0.417 e. The van der Waals surface area contributed by atoms with Crippen LogP contribution in [0.2, 0.25) is 0 Å². The SMILES string of the molecule is C=CC[C@@H]1C[C@@H](C(=O)O)N(C(=O)OC(C)(C)C)C1=O. The number of rotatable bonds is 3. The lowest BCUT2D eigenvalue weighted by molar-refractivity contribution is -0.145. The molecule has 6 nitrogen and oxygen atoms in total. The van der Waals surface area contributed by atoms with Crippen molar-refractivity contribution in [2.75, 3.05) is 0 Å². The summed E-state index contributed by atoms with van der Waals surface area (Å²) in [7, 11) is 0. The van der Waals surface area contributed by atoms with E-state index in [2.05, 4.69) is 6.58 Å². The van der Waals surface area contributed by atoms with Gasteiger partial charge in [-0.15, -0.1) is 6.58 Å². The van der Waals surface area contributed by atoms with Crippen LogP contribution in [0.1, 0.15) is 33.6 Å². The van der Waals surface area contributed by atoms with Crippen molar-refractivity contribution in [3.63, 3.8) is 0 Å². The van der Waals surface area contributed by atoms with E-state index in [0.717, 1.165) is 0 Å². The van der Waals surface area contributed by atoms with Crippen LogP contribution in [-0.2, 0) is 14.3 Å². The van der Waals surface area contributed by atoms with Gasteiger partial charge in [-0.1, -0.05) is 6.08 Å². The second-order valence-corrected chi connectivity index (χ2v) is 5.50. The van der Waals surface area contributed by atoms with Gasteiger partial charge in [0.25, 0.3) is 0 Å². The molecule has 0 aromatic rings. The zero-order valence-electron chi connectivity index (χ0n) is 11.4. The Balaban J connectivity index is 2.94. The summed E-state index contributed by atoms with van der Waals surface area (Å²) in [6.07, 6.45) is 1.08. The van der Waals surface area contributed by atoms with E-state index in [4.69, 9.17) is 9.84 Å². The number of amides is 2. The fourth-order valence-electron chi connectivity index (χ4n) is 1.96. The number of carbonyl (C=O) groups is 3. The topological polar surface area (TPSA) is 83.9 Å². The highest BCUT2D eigenvalue weighted by atomic mass is 16.6. The van der Waals surface area contributed by atoms with Crippen molar-refractivity contribution in [1.29, 1.82) is 0 Å². The van der Waals surface area contributed by atoms with Crippen LogP contribution in [0.25, 0.3) is 0 Å². The van der Waals surface area contributed by atoms with Gasteiger partial charge in [-0.25, -0.2) is 14.5 Å². The van der Waals surface area contributed by atoms with Gasteiger partial charge in [0.1, 0.15) is 11.6 Å². The molecule has 2 atom stereocenters. The molecule has 1 rings (SSSR count). The Morgan fingerprint density at radius 3 is 2.53 bits per heavy atom. The van der Waals surface area contributed by atoms with Gasteiger partial charge in [-0.2, -0.15) is 0 Å². The molecular formula is C13H19NO5. The van der Waals surface area contributed by atoms with Gasteiger partial charge in [0.2, 0.25) is 5.91 Å². The Bertz CT molecular complexity index is 410. The van der Waals surface area contributed by atoms with Crippen LogP contribution in [0.15, 0.2) is 12.7 Å². The molecule has 0 unspecified atom stereocenters. The molecule has 0 saturated carbocycles. The van der Waals surface area contributed by atoms with Gasteiger partial charge in [0, 0.05) is 5.92 Å². The van der Waals surface area contributed by atoms with Gasteiger partial charge >= 0.3 is 12.1 Å². The van der Waals surface area contributed by atoms with Gasteiger partial charge < -0.3 is 9.84 Å².